The summed E-state index contributed by atoms with van der Waals surface area (Å²) in [5, 5.41) is 5.42. The molecule has 4 rings (SSSR count). The number of aliphatic imine (C=N–C) groups is 1. The molecule has 2 aliphatic rings. The minimum Gasteiger partial charge on any atom is -0.463 e. The van der Waals surface area contributed by atoms with E-state index in [9.17, 15) is 26.7 Å². The zero-order valence-electron chi connectivity index (χ0n) is 18.5. The zero-order chi connectivity index (χ0) is 25.3. The summed E-state index contributed by atoms with van der Waals surface area (Å²) < 4.78 is 76.4. The number of amidine groups is 1. The van der Waals surface area contributed by atoms with Gasteiger partial charge in [0.25, 0.3) is 0 Å². The first-order valence-corrected chi connectivity index (χ1v) is 11.4. The molecular weight excluding hydrogens is 493 g/mol. The van der Waals surface area contributed by atoms with E-state index >= 15 is 0 Å². The number of ether oxygens (including phenoxy) is 1. The van der Waals surface area contributed by atoms with Gasteiger partial charge in [0.1, 0.15) is 29.3 Å². The van der Waals surface area contributed by atoms with Crippen LogP contribution < -0.4 is 10.6 Å². The minimum absolute atomic E-state index is 0.0118. The number of hydrogen-bond acceptors (Lipinski definition) is 5. The summed E-state index contributed by atoms with van der Waals surface area (Å²) in [6, 6.07) is 1.59. The summed E-state index contributed by atoms with van der Waals surface area (Å²) in [5.74, 6) is -7.56. The van der Waals surface area contributed by atoms with Crippen molar-refractivity contribution in [1.82, 2.24) is 10.6 Å². The number of piperidine rings is 1. The first-order valence-electron chi connectivity index (χ1n) is 11.0. The average molecular weight is 514 g/mol. The Kier molecular flexibility index (Phi) is 7.42. The van der Waals surface area contributed by atoms with Crippen molar-refractivity contribution in [3.05, 3.63) is 80.8 Å². The molecule has 2 N–H and O–H groups in total. The van der Waals surface area contributed by atoms with Crippen molar-refractivity contribution in [1.29, 1.82) is 0 Å². The number of hydrogen-bond donors (Lipinski definition) is 2. The fourth-order valence-electron chi connectivity index (χ4n) is 4.30. The summed E-state index contributed by atoms with van der Waals surface area (Å²) in [6.45, 7) is 2.82. The Hall–Kier alpha value is -2.98. The molecule has 0 aliphatic carbocycles. The van der Waals surface area contributed by atoms with Crippen molar-refractivity contribution in [2.45, 2.75) is 25.8 Å². The summed E-state index contributed by atoms with van der Waals surface area (Å²) in [7, 11) is 0. The number of nitrogens with zero attached hydrogens (tertiary/aromatic N) is 1. The number of carbonyl (C=O) groups excluding carboxylic acids is 1. The maximum atomic E-state index is 14.7. The Balaban J connectivity index is 1.97. The van der Waals surface area contributed by atoms with Gasteiger partial charge in [-0.2, -0.15) is 0 Å². The Bertz CT molecular complexity index is 1200. The number of allylic oxidation sites excluding steroid dienone is 1. The van der Waals surface area contributed by atoms with Gasteiger partial charge in [-0.1, -0.05) is 17.7 Å². The monoisotopic (exact) mass is 513 g/mol. The van der Waals surface area contributed by atoms with E-state index in [0.29, 0.717) is 38.1 Å². The summed E-state index contributed by atoms with van der Waals surface area (Å²) in [4.78, 5) is 17.4. The van der Waals surface area contributed by atoms with Crippen LogP contribution in [0, 0.1) is 35.0 Å². The van der Waals surface area contributed by atoms with Crippen LogP contribution in [-0.2, 0) is 9.53 Å². The smallest absolute Gasteiger partial charge is 0.338 e. The Morgan fingerprint density at radius 1 is 1.09 bits per heavy atom. The molecule has 186 valence electrons. The maximum Gasteiger partial charge on any atom is 0.338 e. The summed E-state index contributed by atoms with van der Waals surface area (Å²) in [5.41, 5.74) is -0.506. The van der Waals surface area contributed by atoms with E-state index in [2.05, 4.69) is 15.6 Å². The highest BCUT2D eigenvalue weighted by Crippen LogP contribution is 2.40. The molecule has 1 saturated heterocycles. The molecule has 1 fully saturated rings. The topological polar surface area (TPSA) is 62.7 Å². The second-order valence-corrected chi connectivity index (χ2v) is 8.46. The summed E-state index contributed by atoms with van der Waals surface area (Å²) >= 11 is 6.10. The van der Waals surface area contributed by atoms with E-state index in [0.717, 1.165) is 12.1 Å². The van der Waals surface area contributed by atoms with Crippen molar-refractivity contribution in [3.63, 3.8) is 0 Å². The Morgan fingerprint density at radius 3 is 2.37 bits per heavy atom. The minimum atomic E-state index is -1.37. The Morgan fingerprint density at radius 2 is 1.74 bits per heavy atom. The summed E-state index contributed by atoms with van der Waals surface area (Å²) in [6.07, 6.45) is 1.12. The lowest BCUT2D eigenvalue weighted by Crippen LogP contribution is -2.40. The van der Waals surface area contributed by atoms with E-state index in [-0.39, 0.29) is 35.2 Å². The van der Waals surface area contributed by atoms with Crippen molar-refractivity contribution >= 4 is 23.4 Å². The van der Waals surface area contributed by atoms with Gasteiger partial charge in [-0.05, 0) is 38.9 Å². The highest BCUT2D eigenvalue weighted by molar-refractivity contribution is 6.31. The van der Waals surface area contributed by atoms with Crippen LogP contribution in [0.1, 0.15) is 36.9 Å². The molecule has 0 aromatic heterocycles. The maximum absolute atomic E-state index is 14.7. The van der Waals surface area contributed by atoms with Gasteiger partial charge in [-0.15, -0.1) is 0 Å². The van der Waals surface area contributed by atoms with Crippen LogP contribution in [0.5, 0.6) is 0 Å². The zero-order valence-corrected chi connectivity index (χ0v) is 19.3. The number of esters is 1. The fraction of sp³-hybridized carbons (Fsp3) is 0.333. The molecule has 11 heteroatoms. The van der Waals surface area contributed by atoms with Crippen LogP contribution in [0.25, 0.3) is 0 Å². The largest absolute Gasteiger partial charge is 0.463 e. The second kappa shape index (κ2) is 10.3. The lowest BCUT2D eigenvalue weighted by atomic mass is 9.85. The van der Waals surface area contributed by atoms with Gasteiger partial charge in [0.15, 0.2) is 11.6 Å². The highest BCUT2D eigenvalue weighted by atomic mass is 35.5. The molecule has 0 radical (unpaired) electrons. The van der Waals surface area contributed by atoms with Crippen LogP contribution in [0.4, 0.5) is 22.0 Å². The van der Waals surface area contributed by atoms with Crippen LogP contribution in [-0.4, -0.2) is 31.5 Å². The molecule has 35 heavy (non-hydrogen) atoms. The van der Waals surface area contributed by atoms with Gasteiger partial charge in [0.05, 0.1) is 22.8 Å². The quantitative estimate of drug-likeness (QED) is 0.338. The third kappa shape index (κ3) is 4.90. The van der Waals surface area contributed by atoms with Gasteiger partial charge in [-0.25, -0.2) is 26.7 Å². The fourth-order valence-corrected chi connectivity index (χ4v) is 4.56. The predicted octanol–water partition coefficient (Wildman–Crippen LogP) is 4.94. The number of carbonyl (C=O) groups is 1. The van der Waals surface area contributed by atoms with Crippen molar-refractivity contribution in [2.24, 2.45) is 10.9 Å². The lowest BCUT2D eigenvalue weighted by molar-refractivity contribution is -0.139. The number of benzene rings is 2. The van der Waals surface area contributed by atoms with Gasteiger partial charge < -0.3 is 15.4 Å². The van der Waals surface area contributed by atoms with Crippen LogP contribution in [0.2, 0.25) is 5.02 Å². The van der Waals surface area contributed by atoms with Crippen LogP contribution >= 0.6 is 11.6 Å². The standard InChI is InChI=1S/C24H21ClF5N3O2/c1-2-35-24(34)18-21(11-5-7-31-8-6-11)32-23(17-15(28)9-12(26)10-16(17)29)33-22(18)13-3-4-14(27)20(30)19(13)25/h3-4,9-11,22,31H,2,5-8H2,1H3,(H,32,33). The first-order chi connectivity index (χ1) is 16.7. The number of halogens is 6. The first kappa shape index (κ1) is 25.1. The van der Waals surface area contributed by atoms with Crippen molar-refractivity contribution in [3.8, 4) is 0 Å². The van der Waals surface area contributed by atoms with Crippen LogP contribution in [0.15, 0.2) is 40.5 Å². The molecule has 1 unspecified atom stereocenters. The number of rotatable bonds is 5. The van der Waals surface area contributed by atoms with E-state index in [1.54, 1.807) is 6.92 Å². The number of nitrogens with one attached hydrogen (secondary N) is 2. The molecule has 2 aromatic rings. The molecule has 2 aromatic carbocycles. The molecule has 2 heterocycles. The van der Waals surface area contributed by atoms with E-state index in [1.807, 2.05) is 0 Å². The highest BCUT2D eigenvalue weighted by Gasteiger charge is 2.38. The third-order valence-corrected chi connectivity index (χ3v) is 6.31. The normalized spacial score (nSPS) is 18.8. The van der Waals surface area contributed by atoms with E-state index < -0.39 is 51.7 Å². The van der Waals surface area contributed by atoms with Gasteiger partial charge in [0, 0.05) is 29.3 Å². The third-order valence-electron chi connectivity index (χ3n) is 5.92. The molecule has 0 spiro atoms. The second-order valence-electron chi connectivity index (χ2n) is 8.09. The average Bonchev–Trinajstić information content (AvgIpc) is 2.82. The van der Waals surface area contributed by atoms with Crippen molar-refractivity contribution in [2.75, 3.05) is 19.7 Å². The molecule has 0 saturated carbocycles. The molecule has 1 atom stereocenters. The molecule has 2 aliphatic heterocycles. The van der Waals surface area contributed by atoms with Gasteiger partial charge >= 0.3 is 5.97 Å². The van der Waals surface area contributed by atoms with Crippen molar-refractivity contribution < 1.29 is 31.5 Å². The molecular formula is C24H21ClF5N3O2. The Labute approximate surface area is 203 Å². The van der Waals surface area contributed by atoms with Gasteiger partial charge in [-0.3, -0.25) is 4.99 Å². The predicted molar refractivity (Wildman–Crippen MR) is 119 cm³/mol. The van der Waals surface area contributed by atoms with Crippen LogP contribution in [0.3, 0.4) is 0 Å². The molecule has 0 bridgehead atoms. The SMILES string of the molecule is CCOC(=O)C1=C(C2CCNCC2)NC(c2c(F)cc(F)cc2F)=NC1c1ccc(F)c(F)c1Cl. The molecule has 0 amide bonds. The van der Waals surface area contributed by atoms with Gasteiger partial charge in [0.2, 0.25) is 0 Å². The van der Waals surface area contributed by atoms with E-state index in [1.165, 1.54) is 0 Å². The molecule has 5 nitrogen and oxygen atoms in total. The lowest BCUT2D eigenvalue weighted by Gasteiger charge is -2.34. The van der Waals surface area contributed by atoms with E-state index in [4.69, 9.17) is 16.3 Å².